The molecule has 0 saturated carbocycles. The second kappa shape index (κ2) is 13.8. The molecule has 15 heteroatoms. The maximum absolute atomic E-state index is 13.1. The largest absolute Gasteiger partial charge is 0.450 e. The number of carbonyl (C=O) groups is 4. The van der Waals surface area contributed by atoms with Crippen molar-refractivity contribution in [3.63, 3.8) is 0 Å². The summed E-state index contributed by atoms with van der Waals surface area (Å²) in [5.41, 5.74) is -2.36. The van der Waals surface area contributed by atoms with Crippen molar-refractivity contribution in [1.29, 1.82) is 0 Å². The molecule has 2 aliphatic rings. The molecule has 14 nitrogen and oxygen atoms in total. The molecule has 0 bridgehead atoms. The van der Waals surface area contributed by atoms with Gasteiger partial charge in [0.15, 0.2) is 0 Å². The number of nitrogens with zero attached hydrogens (tertiary/aromatic N) is 1. The first-order chi connectivity index (χ1) is 17.3. The Bertz CT molecular complexity index is 920. The van der Waals surface area contributed by atoms with Gasteiger partial charge in [-0.05, 0) is 32.1 Å². The Kier molecular flexibility index (Phi) is 11.4. The van der Waals surface area contributed by atoms with Crippen LogP contribution in [0.1, 0.15) is 52.9 Å². The number of likely N-dealkylation sites (tertiary alicyclic amines) is 1. The number of aliphatic hydroxyl groups excluding tert-OH is 1. The quantitative estimate of drug-likeness (QED) is 0.217. The zero-order valence-corrected chi connectivity index (χ0v) is 22.2. The summed E-state index contributed by atoms with van der Waals surface area (Å²) in [4.78, 5) is 50.9. The van der Waals surface area contributed by atoms with E-state index in [4.69, 9.17) is 9.47 Å². The van der Waals surface area contributed by atoms with Gasteiger partial charge in [0.25, 0.3) is 10.1 Å². The van der Waals surface area contributed by atoms with E-state index in [-0.39, 0.29) is 31.3 Å². The molecule has 1 unspecified atom stereocenters. The average molecular weight is 551 g/mol. The molecule has 2 aliphatic heterocycles. The van der Waals surface area contributed by atoms with Crippen LogP contribution in [0.5, 0.6) is 0 Å². The van der Waals surface area contributed by atoms with Gasteiger partial charge in [-0.3, -0.25) is 14.1 Å². The number of amides is 4. The Morgan fingerprint density at radius 1 is 1.16 bits per heavy atom. The molecule has 4 atom stereocenters. The third-order valence-electron chi connectivity index (χ3n) is 6.24. The highest BCUT2D eigenvalue weighted by Crippen LogP contribution is 2.20. The van der Waals surface area contributed by atoms with E-state index in [1.165, 1.54) is 4.90 Å². The molecule has 2 rings (SSSR count). The number of hydrogen-bond donors (Lipinski definition) is 5. The van der Waals surface area contributed by atoms with Gasteiger partial charge < -0.3 is 35.4 Å². The molecule has 2 saturated heterocycles. The maximum atomic E-state index is 13.1. The van der Waals surface area contributed by atoms with E-state index >= 15 is 0 Å². The lowest BCUT2D eigenvalue weighted by atomic mass is 9.97. The normalized spacial score (nSPS) is 21.1. The van der Waals surface area contributed by atoms with Gasteiger partial charge in [0.05, 0.1) is 12.6 Å². The zero-order valence-electron chi connectivity index (χ0n) is 21.3. The predicted octanol–water partition coefficient (Wildman–Crippen LogP) is -0.0346. The third kappa shape index (κ3) is 9.63. The molecule has 0 aliphatic carbocycles. The van der Waals surface area contributed by atoms with Gasteiger partial charge in [-0.1, -0.05) is 13.8 Å². The topological polar surface area (TPSA) is 201 Å². The Balaban J connectivity index is 2.01. The van der Waals surface area contributed by atoms with Crippen LogP contribution in [0.3, 0.4) is 0 Å². The fourth-order valence-corrected chi connectivity index (χ4v) is 4.91. The molecule has 0 radical (unpaired) electrons. The molecular formula is C22H38N4O10S. The first kappa shape index (κ1) is 30.6. The zero-order chi connectivity index (χ0) is 27.8. The maximum Gasteiger partial charge on any atom is 0.409 e. The van der Waals surface area contributed by atoms with Crippen LogP contribution >= 0.6 is 0 Å². The Hall–Kier alpha value is -2.65. The van der Waals surface area contributed by atoms with Crippen molar-refractivity contribution >= 4 is 34.1 Å². The Labute approximate surface area is 216 Å². The molecule has 2 fully saturated rings. The van der Waals surface area contributed by atoms with E-state index in [0.717, 1.165) is 0 Å². The molecule has 0 spiro atoms. The van der Waals surface area contributed by atoms with Crippen molar-refractivity contribution in [3.8, 4) is 0 Å². The fourth-order valence-electron chi connectivity index (χ4n) is 4.32. The number of hydrogen-bond acceptors (Lipinski definition) is 9. The molecule has 37 heavy (non-hydrogen) atoms. The van der Waals surface area contributed by atoms with E-state index in [1.807, 2.05) is 13.8 Å². The third-order valence-corrected chi connectivity index (χ3v) is 7.17. The summed E-state index contributed by atoms with van der Waals surface area (Å²) < 4.78 is 42.9. The van der Waals surface area contributed by atoms with E-state index in [0.29, 0.717) is 38.9 Å². The minimum absolute atomic E-state index is 0.0607. The van der Waals surface area contributed by atoms with Crippen LogP contribution in [-0.4, -0.2) is 96.8 Å². The van der Waals surface area contributed by atoms with Crippen LogP contribution in [-0.2, 0) is 29.2 Å². The second-order valence-corrected chi connectivity index (χ2v) is 11.2. The Morgan fingerprint density at radius 3 is 2.32 bits per heavy atom. The van der Waals surface area contributed by atoms with Gasteiger partial charge in [-0.2, -0.15) is 8.42 Å². The number of rotatable bonds is 11. The lowest BCUT2D eigenvalue weighted by molar-refractivity contribution is -0.126. The van der Waals surface area contributed by atoms with Gasteiger partial charge in [-0.25, -0.2) is 9.59 Å². The van der Waals surface area contributed by atoms with Crippen molar-refractivity contribution in [2.45, 2.75) is 76.5 Å². The van der Waals surface area contributed by atoms with Crippen LogP contribution in [0.25, 0.3) is 0 Å². The summed E-state index contributed by atoms with van der Waals surface area (Å²) >= 11 is 0. The molecule has 212 valence electrons. The fraction of sp³-hybridized carbons (Fsp3) is 0.818. The van der Waals surface area contributed by atoms with Gasteiger partial charge >= 0.3 is 12.2 Å². The number of carbonyl (C=O) groups excluding carboxylic acids is 4. The monoisotopic (exact) mass is 550 g/mol. The van der Waals surface area contributed by atoms with Crippen molar-refractivity contribution in [2.75, 3.05) is 26.2 Å². The lowest BCUT2D eigenvalue weighted by Gasteiger charge is -2.31. The minimum atomic E-state index is -4.95. The number of nitrogens with one attached hydrogen (secondary N) is 3. The van der Waals surface area contributed by atoms with Crippen molar-refractivity contribution < 1.29 is 46.7 Å². The highest BCUT2D eigenvalue weighted by molar-refractivity contribution is 7.86. The van der Waals surface area contributed by atoms with Crippen LogP contribution < -0.4 is 16.0 Å². The summed E-state index contributed by atoms with van der Waals surface area (Å²) in [6.45, 7) is 6.64. The van der Waals surface area contributed by atoms with Crippen molar-refractivity contribution in [1.82, 2.24) is 20.9 Å². The first-order valence-electron chi connectivity index (χ1n) is 12.4. The smallest absolute Gasteiger partial charge is 0.409 e. The second-order valence-electron chi connectivity index (χ2n) is 9.65. The van der Waals surface area contributed by atoms with Crippen LogP contribution in [0.2, 0.25) is 0 Å². The van der Waals surface area contributed by atoms with Gasteiger partial charge in [0, 0.05) is 38.4 Å². The van der Waals surface area contributed by atoms with E-state index in [2.05, 4.69) is 16.0 Å². The number of aliphatic hydroxyl groups is 1. The lowest BCUT2D eigenvalue weighted by Crippen LogP contribution is -2.55. The van der Waals surface area contributed by atoms with Gasteiger partial charge in [0.1, 0.15) is 12.1 Å². The van der Waals surface area contributed by atoms with E-state index < -0.39 is 57.8 Å². The molecule has 0 aromatic rings. The first-order valence-corrected chi connectivity index (χ1v) is 13.9. The Morgan fingerprint density at radius 2 is 1.81 bits per heavy atom. The molecular weight excluding hydrogens is 512 g/mol. The highest BCUT2D eigenvalue weighted by Gasteiger charge is 2.38. The molecule has 2 heterocycles. The van der Waals surface area contributed by atoms with Crippen LogP contribution in [0.15, 0.2) is 0 Å². The van der Waals surface area contributed by atoms with Crippen molar-refractivity contribution in [2.24, 2.45) is 11.8 Å². The predicted molar refractivity (Wildman–Crippen MR) is 130 cm³/mol. The molecule has 0 aromatic carbocycles. The SMILES string of the molecule is CCOC(=O)N1CCC(OC(=O)N[C@@H](CC(C)C)C(=O)N[C@@H](C[C@@H]2CCNC2=O)C(O)S(=O)(=O)O)CC1. The molecule has 4 amide bonds. The summed E-state index contributed by atoms with van der Waals surface area (Å²) in [6.07, 6.45) is -0.689. The van der Waals surface area contributed by atoms with E-state index in [1.54, 1.807) is 6.92 Å². The number of piperidine rings is 1. The van der Waals surface area contributed by atoms with Gasteiger partial charge in [0.2, 0.25) is 17.3 Å². The summed E-state index contributed by atoms with van der Waals surface area (Å²) in [7, 11) is -4.95. The number of ether oxygens (including phenoxy) is 2. The summed E-state index contributed by atoms with van der Waals surface area (Å²) in [5, 5.41) is 17.6. The van der Waals surface area contributed by atoms with Crippen molar-refractivity contribution in [3.05, 3.63) is 0 Å². The standard InChI is InChI=1S/C22H38N4O10S/c1-4-35-22(31)26-9-6-15(7-10-26)36-21(30)25-16(11-13(2)3)19(28)24-17(20(29)37(32,33)34)12-14-5-8-23-18(14)27/h13-17,20,29H,4-12H2,1-3H3,(H,23,27)(H,24,28)(H,25,30)(H,32,33,34)/t14-,16-,17-,20?/m0/s1. The van der Waals surface area contributed by atoms with Gasteiger partial charge in [-0.15, -0.1) is 0 Å². The number of alkyl carbamates (subject to hydrolysis) is 1. The molecule has 0 aromatic heterocycles. The summed E-state index contributed by atoms with van der Waals surface area (Å²) in [5.74, 6) is -1.87. The highest BCUT2D eigenvalue weighted by atomic mass is 32.2. The van der Waals surface area contributed by atoms with E-state index in [9.17, 15) is 37.3 Å². The minimum Gasteiger partial charge on any atom is -0.450 e. The molecule has 5 N–H and O–H groups in total. The average Bonchev–Trinajstić information content (AvgIpc) is 3.21. The van der Waals surface area contributed by atoms with Crippen LogP contribution in [0.4, 0.5) is 9.59 Å². The summed E-state index contributed by atoms with van der Waals surface area (Å²) in [6, 6.07) is -2.63. The van der Waals surface area contributed by atoms with Crippen LogP contribution in [0, 0.1) is 11.8 Å².